The highest BCUT2D eigenvalue weighted by Crippen LogP contribution is 1.86. The maximum absolute atomic E-state index is 11.1. The zero-order valence-corrected chi connectivity index (χ0v) is 9.13. The molecule has 7 nitrogen and oxygen atoms in total. The van der Waals surface area contributed by atoms with Crippen LogP contribution in [0.15, 0.2) is 0 Å². The minimum absolute atomic E-state index is 0.0563. The second-order valence-corrected chi connectivity index (χ2v) is 4.74. The van der Waals surface area contributed by atoms with Crippen LogP contribution in [-0.2, 0) is 19.6 Å². The molecule has 0 aromatic carbocycles. The van der Waals surface area contributed by atoms with E-state index in [-0.39, 0.29) is 5.75 Å². The summed E-state index contributed by atoms with van der Waals surface area (Å²) in [6, 6.07) is 0. The molecule has 0 aromatic heterocycles. The Hall–Kier alpha value is -1.15. The number of aliphatic carboxylic acids is 1. The van der Waals surface area contributed by atoms with Crippen molar-refractivity contribution in [3.8, 4) is 0 Å². The van der Waals surface area contributed by atoms with Gasteiger partial charge in [0.2, 0.25) is 15.9 Å². The number of sulfonamides is 1. The number of nitrogens with one attached hydrogen (secondary N) is 2. The molecule has 15 heavy (non-hydrogen) atoms. The first kappa shape index (κ1) is 13.8. The van der Waals surface area contributed by atoms with Gasteiger partial charge in [0.05, 0.1) is 12.3 Å². The number of carbonyl (C=O) groups is 2. The van der Waals surface area contributed by atoms with E-state index in [1.54, 1.807) is 6.92 Å². The van der Waals surface area contributed by atoms with Gasteiger partial charge in [-0.3, -0.25) is 9.59 Å². The van der Waals surface area contributed by atoms with E-state index in [4.69, 9.17) is 5.11 Å². The van der Waals surface area contributed by atoms with Gasteiger partial charge in [0.15, 0.2) is 0 Å². The maximum atomic E-state index is 11.1. The van der Waals surface area contributed by atoms with Crippen molar-refractivity contribution < 1.29 is 23.1 Å². The first-order valence-electron chi connectivity index (χ1n) is 4.33. The van der Waals surface area contributed by atoms with E-state index >= 15 is 0 Å². The Morgan fingerprint density at radius 1 is 1.27 bits per heavy atom. The first-order valence-corrected chi connectivity index (χ1v) is 5.98. The smallest absolute Gasteiger partial charge is 0.322 e. The maximum Gasteiger partial charge on any atom is 0.322 e. The molecule has 0 saturated heterocycles. The molecule has 88 valence electrons. The van der Waals surface area contributed by atoms with Crippen LogP contribution >= 0.6 is 0 Å². The SMILES string of the molecule is CCCS(=O)(=O)NCC(=O)NCC(=O)O. The second-order valence-electron chi connectivity index (χ2n) is 2.81. The summed E-state index contributed by atoms with van der Waals surface area (Å²) in [5.74, 6) is -1.91. The van der Waals surface area contributed by atoms with E-state index in [0.717, 1.165) is 0 Å². The summed E-state index contributed by atoms with van der Waals surface area (Å²) in [4.78, 5) is 21.0. The fourth-order valence-corrected chi connectivity index (χ4v) is 1.79. The van der Waals surface area contributed by atoms with Crippen LogP contribution in [-0.4, -0.2) is 44.2 Å². The van der Waals surface area contributed by atoms with Crippen molar-refractivity contribution in [3.63, 3.8) is 0 Å². The van der Waals surface area contributed by atoms with Crippen LogP contribution in [0.4, 0.5) is 0 Å². The standard InChI is InChI=1S/C7H14N2O5S/c1-2-3-15(13,14)9-4-6(10)8-5-7(11)12/h9H,2-5H2,1H3,(H,8,10)(H,11,12). The van der Waals surface area contributed by atoms with E-state index in [1.807, 2.05) is 5.32 Å². The van der Waals surface area contributed by atoms with E-state index in [0.29, 0.717) is 6.42 Å². The summed E-state index contributed by atoms with van der Waals surface area (Å²) in [6.07, 6.45) is 0.450. The third kappa shape index (κ3) is 7.89. The molecule has 0 bridgehead atoms. The van der Waals surface area contributed by atoms with Crippen LogP contribution < -0.4 is 10.0 Å². The topological polar surface area (TPSA) is 113 Å². The molecule has 0 radical (unpaired) electrons. The molecule has 3 N–H and O–H groups in total. The third-order valence-corrected chi connectivity index (χ3v) is 2.89. The molecular weight excluding hydrogens is 224 g/mol. The van der Waals surface area contributed by atoms with E-state index in [1.165, 1.54) is 0 Å². The van der Waals surface area contributed by atoms with E-state index < -0.39 is 35.0 Å². The van der Waals surface area contributed by atoms with Crippen LogP contribution in [0.3, 0.4) is 0 Å². The first-order chi connectivity index (χ1) is 6.87. The summed E-state index contributed by atoms with van der Waals surface area (Å²) < 4.78 is 24.2. The molecule has 0 rings (SSSR count). The van der Waals surface area contributed by atoms with Gasteiger partial charge in [-0.05, 0) is 6.42 Å². The Labute approximate surface area is 87.9 Å². The largest absolute Gasteiger partial charge is 0.480 e. The molecule has 0 aliphatic carbocycles. The van der Waals surface area contributed by atoms with Gasteiger partial charge in [-0.15, -0.1) is 0 Å². The molecule has 0 aliphatic heterocycles. The van der Waals surface area contributed by atoms with Gasteiger partial charge in [0, 0.05) is 0 Å². The Morgan fingerprint density at radius 3 is 2.33 bits per heavy atom. The monoisotopic (exact) mass is 238 g/mol. The van der Waals surface area contributed by atoms with Crippen LogP contribution in [0.2, 0.25) is 0 Å². The third-order valence-electron chi connectivity index (χ3n) is 1.36. The summed E-state index contributed by atoms with van der Waals surface area (Å²) in [6.45, 7) is 0.744. The predicted molar refractivity (Wildman–Crippen MR) is 52.7 cm³/mol. The molecule has 0 aliphatic rings. The number of carboxylic acids is 1. The summed E-state index contributed by atoms with van der Waals surface area (Å²) in [7, 11) is -3.42. The second kappa shape index (κ2) is 6.36. The summed E-state index contributed by atoms with van der Waals surface area (Å²) in [5, 5.41) is 10.3. The molecule has 8 heteroatoms. The molecule has 0 aromatic rings. The zero-order valence-electron chi connectivity index (χ0n) is 8.32. The van der Waals surface area contributed by atoms with E-state index in [2.05, 4.69) is 4.72 Å². The molecule has 0 saturated carbocycles. The van der Waals surface area contributed by atoms with Gasteiger partial charge >= 0.3 is 5.97 Å². The molecule has 0 atom stereocenters. The predicted octanol–water partition coefficient (Wildman–Crippen LogP) is -1.48. The van der Waals surface area contributed by atoms with Crippen LogP contribution in [0.5, 0.6) is 0 Å². The lowest BCUT2D eigenvalue weighted by Crippen LogP contribution is -2.39. The Kier molecular flexibility index (Phi) is 5.87. The number of hydrogen-bond acceptors (Lipinski definition) is 4. The number of rotatable bonds is 7. The summed E-state index contributed by atoms with van der Waals surface area (Å²) >= 11 is 0. The van der Waals surface area contributed by atoms with Gasteiger partial charge in [-0.25, -0.2) is 13.1 Å². The minimum Gasteiger partial charge on any atom is -0.480 e. The fourth-order valence-electron chi connectivity index (χ4n) is 0.753. The average Bonchev–Trinajstić information content (AvgIpc) is 2.11. The highest BCUT2D eigenvalue weighted by atomic mass is 32.2. The molecule has 0 spiro atoms. The van der Waals surface area contributed by atoms with Crippen molar-refractivity contribution in [1.29, 1.82) is 0 Å². The van der Waals surface area contributed by atoms with Gasteiger partial charge in [-0.1, -0.05) is 6.92 Å². The number of carbonyl (C=O) groups excluding carboxylic acids is 1. The molecular formula is C7H14N2O5S. The van der Waals surface area contributed by atoms with Crippen molar-refractivity contribution in [2.24, 2.45) is 0 Å². The number of amides is 1. The lowest BCUT2D eigenvalue weighted by Gasteiger charge is -2.05. The average molecular weight is 238 g/mol. The number of hydrogen-bond donors (Lipinski definition) is 3. The minimum atomic E-state index is -3.42. The van der Waals surface area contributed by atoms with Crippen LogP contribution in [0.1, 0.15) is 13.3 Å². The Balaban J connectivity index is 3.85. The van der Waals surface area contributed by atoms with Crippen LogP contribution in [0, 0.1) is 0 Å². The summed E-state index contributed by atoms with van der Waals surface area (Å²) in [5.41, 5.74) is 0. The van der Waals surface area contributed by atoms with Crippen molar-refractivity contribution in [3.05, 3.63) is 0 Å². The Morgan fingerprint density at radius 2 is 1.87 bits per heavy atom. The lowest BCUT2D eigenvalue weighted by molar-refractivity contribution is -0.137. The van der Waals surface area contributed by atoms with Gasteiger partial charge in [-0.2, -0.15) is 0 Å². The molecule has 1 amide bonds. The van der Waals surface area contributed by atoms with Gasteiger partial charge < -0.3 is 10.4 Å². The van der Waals surface area contributed by atoms with Crippen molar-refractivity contribution in [1.82, 2.24) is 10.0 Å². The van der Waals surface area contributed by atoms with Crippen molar-refractivity contribution in [2.45, 2.75) is 13.3 Å². The van der Waals surface area contributed by atoms with Crippen molar-refractivity contribution in [2.75, 3.05) is 18.8 Å². The van der Waals surface area contributed by atoms with Gasteiger partial charge in [0.25, 0.3) is 0 Å². The lowest BCUT2D eigenvalue weighted by atomic mass is 10.5. The quantitative estimate of drug-likeness (QED) is 0.500. The Bertz CT molecular complexity index is 324. The normalized spacial score (nSPS) is 11.0. The fraction of sp³-hybridized carbons (Fsp3) is 0.714. The molecule has 0 unspecified atom stereocenters. The molecule has 0 fully saturated rings. The highest BCUT2D eigenvalue weighted by Gasteiger charge is 2.11. The van der Waals surface area contributed by atoms with Crippen LogP contribution in [0.25, 0.3) is 0 Å². The number of carboxylic acid groups (broad SMARTS) is 1. The van der Waals surface area contributed by atoms with Gasteiger partial charge in [0.1, 0.15) is 6.54 Å². The van der Waals surface area contributed by atoms with E-state index in [9.17, 15) is 18.0 Å². The zero-order chi connectivity index (χ0) is 11.9. The van der Waals surface area contributed by atoms with Crippen molar-refractivity contribution >= 4 is 21.9 Å². The highest BCUT2D eigenvalue weighted by molar-refractivity contribution is 7.89. The molecule has 0 heterocycles.